The molecule has 4 heteroatoms. The summed E-state index contributed by atoms with van der Waals surface area (Å²) in [6.45, 7) is 5.46. The summed E-state index contributed by atoms with van der Waals surface area (Å²) >= 11 is 0. The third kappa shape index (κ3) is 5.15. The Hall–Kier alpha value is -1.84. The van der Waals surface area contributed by atoms with Crippen LogP contribution in [0.2, 0.25) is 0 Å². The fourth-order valence-electron chi connectivity index (χ4n) is 1.07. The second kappa shape index (κ2) is 5.48. The molecule has 0 unspecified atom stereocenters. The number of carbonyl (C=O) groups is 1. The number of ether oxygens (including phenoxy) is 1. The van der Waals surface area contributed by atoms with Gasteiger partial charge in [-0.15, -0.1) is 0 Å². The van der Waals surface area contributed by atoms with Gasteiger partial charge in [-0.2, -0.15) is 5.10 Å². The van der Waals surface area contributed by atoms with Crippen LogP contribution in [0, 0.1) is 0 Å². The topological polar surface area (TPSA) is 41.9 Å². The van der Waals surface area contributed by atoms with Gasteiger partial charge in [0.15, 0.2) is 0 Å². The average molecular weight is 234 g/mol. The zero-order valence-electron chi connectivity index (χ0n) is 10.7. The average Bonchev–Trinajstić information content (AvgIpc) is 2.25. The van der Waals surface area contributed by atoms with Crippen molar-refractivity contribution in [1.82, 2.24) is 5.01 Å². The SMILES string of the molecule is CN(/N=C/c1ccccc1)C(=O)OC(C)(C)C. The smallest absolute Gasteiger partial charge is 0.430 e. The van der Waals surface area contributed by atoms with Crippen LogP contribution in [0.1, 0.15) is 26.3 Å². The zero-order valence-corrected chi connectivity index (χ0v) is 10.7. The molecule has 1 aromatic carbocycles. The molecular formula is C13H18N2O2. The van der Waals surface area contributed by atoms with E-state index in [1.54, 1.807) is 13.3 Å². The summed E-state index contributed by atoms with van der Waals surface area (Å²) in [5.74, 6) is 0. The lowest BCUT2D eigenvalue weighted by atomic mass is 10.2. The quantitative estimate of drug-likeness (QED) is 0.583. The molecular weight excluding hydrogens is 216 g/mol. The van der Waals surface area contributed by atoms with E-state index in [4.69, 9.17) is 4.74 Å². The van der Waals surface area contributed by atoms with E-state index >= 15 is 0 Å². The summed E-state index contributed by atoms with van der Waals surface area (Å²) in [7, 11) is 1.56. The molecule has 0 fully saturated rings. The van der Waals surface area contributed by atoms with E-state index in [0.717, 1.165) is 5.56 Å². The van der Waals surface area contributed by atoms with Crippen molar-refractivity contribution < 1.29 is 9.53 Å². The first-order valence-electron chi connectivity index (χ1n) is 5.44. The lowest BCUT2D eigenvalue weighted by Crippen LogP contribution is -2.31. The van der Waals surface area contributed by atoms with Crippen molar-refractivity contribution in [3.8, 4) is 0 Å². The lowest BCUT2D eigenvalue weighted by molar-refractivity contribution is 0.0304. The van der Waals surface area contributed by atoms with Crippen molar-refractivity contribution in [2.75, 3.05) is 7.05 Å². The Kier molecular flexibility index (Phi) is 4.26. The molecule has 0 bridgehead atoms. The number of hydrogen-bond acceptors (Lipinski definition) is 3. The highest BCUT2D eigenvalue weighted by atomic mass is 16.6. The third-order valence-electron chi connectivity index (χ3n) is 1.84. The van der Waals surface area contributed by atoms with Crippen molar-refractivity contribution in [3.63, 3.8) is 0 Å². The van der Waals surface area contributed by atoms with Crippen LogP contribution >= 0.6 is 0 Å². The number of amides is 1. The maximum atomic E-state index is 11.6. The molecule has 0 atom stereocenters. The van der Waals surface area contributed by atoms with Gasteiger partial charge in [-0.3, -0.25) is 0 Å². The molecule has 0 radical (unpaired) electrons. The molecule has 1 rings (SSSR count). The second-order valence-corrected chi connectivity index (χ2v) is 4.66. The van der Waals surface area contributed by atoms with Gasteiger partial charge < -0.3 is 4.74 Å². The van der Waals surface area contributed by atoms with Crippen LogP contribution in [0.4, 0.5) is 4.79 Å². The van der Waals surface area contributed by atoms with Crippen molar-refractivity contribution in [2.24, 2.45) is 5.10 Å². The largest absolute Gasteiger partial charge is 0.442 e. The van der Waals surface area contributed by atoms with Gasteiger partial charge in [-0.25, -0.2) is 9.80 Å². The molecule has 0 aliphatic heterocycles. The van der Waals surface area contributed by atoms with Gasteiger partial charge in [-0.1, -0.05) is 30.3 Å². The molecule has 4 nitrogen and oxygen atoms in total. The number of hydrazone groups is 1. The third-order valence-corrected chi connectivity index (χ3v) is 1.84. The van der Waals surface area contributed by atoms with E-state index in [-0.39, 0.29) is 0 Å². The first-order valence-corrected chi connectivity index (χ1v) is 5.44. The Morgan fingerprint density at radius 2 is 1.88 bits per heavy atom. The van der Waals surface area contributed by atoms with Crippen LogP contribution in [0.15, 0.2) is 35.4 Å². The summed E-state index contributed by atoms with van der Waals surface area (Å²) < 4.78 is 5.16. The molecule has 0 spiro atoms. The van der Waals surface area contributed by atoms with Gasteiger partial charge in [0.2, 0.25) is 0 Å². The summed E-state index contributed by atoms with van der Waals surface area (Å²) in [6, 6.07) is 9.57. The Bertz CT molecular complexity index is 394. The summed E-state index contributed by atoms with van der Waals surface area (Å²) in [5, 5.41) is 5.19. The van der Waals surface area contributed by atoms with Crippen LogP contribution < -0.4 is 0 Å². The number of hydrogen-bond donors (Lipinski definition) is 0. The minimum absolute atomic E-state index is 0.468. The molecule has 92 valence electrons. The molecule has 0 saturated heterocycles. The van der Waals surface area contributed by atoms with Crippen LogP contribution in [-0.2, 0) is 4.74 Å². The number of rotatable bonds is 2. The van der Waals surface area contributed by atoms with Crippen molar-refractivity contribution in [3.05, 3.63) is 35.9 Å². The van der Waals surface area contributed by atoms with Crippen LogP contribution in [-0.4, -0.2) is 30.0 Å². The van der Waals surface area contributed by atoms with E-state index in [1.807, 2.05) is 51.1 Å². The second-order valence-electron chi connectivity index (χ2n) is 4.66. The van der Waals surface area contributed by atoms with E-state index in [2.05, 4.69) is 5.10 Å². The lowest BCUT2D eigenvalue weighted by Gasteiger charge is -2.21. The Balaban J connectivity index is 2.58. The minimum atomic E-state index is -0.506. The van der Waals surface area contributed by atoms with Crippen LogP contribution in [0.25, 0.3) is 0 Å². The first kappa shape index (κ1) is 13.2. The molecule has 0 aliphatic carbocycles. The summed E-state index contributed by atoms with van der Waals surface area (Å²) in [4.78, 5) is 11.6. The predicted octanol–water partition coefficient (Wildman–Crippen LogP) is 2.89. The monoisotopic (exact) mass is 234 g/mol. The Morgan fingerprint density at radius 3 is 2.41 bits per heavy atom. The van der Waals surface area contributed by atoms with E-state index in [0.29, 0.717) is 0 Å². The molecule has 0 heterocycles. The number of nitrogens with zero attached hydrogens (tertiary/aromatic N) is 2. The summed E-state index contributed by atoms with van der Waals surface area (Å²) in [6.07, 6.45) is 1.15. The zero-order chi connectivity index (χ0) is 12.9. The van der Waals surface area contributed by atoms with Crippen LogP contribution in [0.5, 0.6) is 0 Å². The van der Waals surface area contributed by atoms with Gasteiger partial charge in [0.05, 0.1) is 6.21 Å². The standard InChI is InChI=1S/C13H18N2O2/c1-13(2,3)17-12(16)15(4)14-10-11-8-6-5-7-9-11/h5-10H,1-4H3/b14-10+. The first-order chi connectivity index (χ1) is 7.88. The highest BCUT2D eigenvalue weighted by molar-refractivity contribution is 5.80. The van der Waals surface area contributed by atoms with Crippen molar-refractivity contribution in [2.45, 2.75) is 26.4 Å². The number of carbonyl (C=O) groups excluding carboxylic acids is 1. The highest BCUT2D eigenvalue weighted by Crippen LogP contribution is 2.09. The predicted molar refractivity (Wildman–Crippen MR) is 68.0 cm³/mol. The number of benzene rings is 1. The molecule has 1 amide bonds. The maximum absolute atomic E-state index is 11.6. The fraction of sp³-hybridized carbons (Fsp3) is 0.385. The maximum Gasteiger partial charge on any atom is 0.430 e. The van der Waals surface area contributed by atoms with E-state index in [9.17, 15) is 4.79 Å². The van der Waals surface area contributed by atoms with E-state index < -0.39 is 11.7 Å². The molecule has 0 aliphatic rings. The fourth-order valence-corrected chi connectivity index (χ4v) is 1.07. The van der Waals surface area contributed by atoms with Gasteiger partial charge in [0.1, 0.15) is 5.60 Å². The molecule has 0 saturated carbocycles. The van der Waals surface area contributed by atoms with Gasteiger partial charge in [0.25, 0.3) is 0 Å². The molecule has 0 aromatic heterocycles. The summed E-state index contributed by atoms with van der Waals surface area (Å²) in [5.41, 5.74) is 0.427. The molecule has 17 heavy (non-hydrogen) atoms. The Morgan fingerprint density at radius 1 is 1.29 bits per heavy atom. The van der Waals surface area contributed by atoms with Crippen molar-refractivity contribution in [1.29, 1.82) is 0 Å². The van der Waals surface area contributed by atoms with Crippen LogP contribution in [0.3, 0.4) is 0 Å². The molecule has 0 N–H and O–H groups in total. The van der Waals surface area contributed by atoms with Gasteiger partial charge >= 0.3 is 6.09 Å². The molecule has 1 aromatic rings. The minimum Gasteiger partial charge on any atom is -0.442 e. The van der Waals surface area contributed by atoms with Gasteiger partial charge in [0, 0.05) is 7.05 Å². The van der Waals surface area contributed by atoms with E-state index in [1.165, 1.54) is 5.01 Å². The van der Waals surface area contributed by atoms with Crippen molar-refractivity contribution >= 4 is 12.3 Å². The normalized spacial score (nSPS) is 11.5. The Labute approximate surface area is 102 Å². The highest BCUT2D eigenvalue weighted by Gasteiger charge is 2.18. The van der Waals surface area contributed by atoms with Gasteiger partial charge in [-0.05, 0) is 26.3 Å².